The number of nitrogens with one attached hydrogen (secondary N) is 1. The molecular formula is C19H16ClFN2O3. The summed E-state index contributed by atoms with van der Waals surface area (Å²) < 4.78 is 23.6. The van der Waals surface area contributed by atoms with Crippen LogP contribution in [-0.4, -0.2) is 19.6 Å². The van der Waals surface area contributed by atoms with Crippen LogP contribution < -0.4 is 14.8 Å². The van der Waals surface area contributed by atoms with E-state index < -0.39 is 11.7 Å². The maximum atomic E-state index is 12.9. The summed E-state index contributed by atoms with van der Waals surface area (Å²) in [6.07, 6.45) is 1.38. The zero-order chi connectivity index (χ0) is 19.1. The zero-order valence-corrected chi connectivity index (χ0v) is 14.9. The van der Waals surface area contributed by atoms with Gasteiger partial charge < -0.3 is 14.8 Å². The Hall–Kier alpha value is -3.04. The van der Waals surface area contributed by atoms with Crippen LogP contribution in [0.1, 0.15) is 12.5 Å². The minimum absolute atomic E-state index is 0.142. The van der Waals surface area contributed by atoms with Crippen LogP contribution in [-0.2, 0) is 4.79 Å². The van der Waals surface area contributed by atoms with Crippen LogP contribution in [0.25, 0.3) is 6.08 Å². The van der Waals surface area contributed by atoms with E-state index in [0.29, 0.717) is 34.4 Å². The van der Waals surface area contributed by atoms with Crippen molar-refractivity contribution in [2.75, 3.05) is 19.0 Å². The van der Waals surface area contributed by atoms with Gasteiger partial charge in [0.05, 0.1) is 18.7 Å². The summed E-state index contributed by atoms with van der Waals surface area (Å²) >= 11 is 6.19. The van der Waals surface area contributed by atoms with Gasteiger partial charge in [-0.25, -0.2) is 4.39 Å². The Bertz CT molecular complexity index is 874. The number of nitrogens with zero attached hydrogens (tertiary/aromatic N) is 1. The van der Waals surface area contributed by atoms with Crippen molar-refractivity contribution in [2.45, 2.75) is 6.92 Å². The lowest BCUT2D eigenvalue weighted by molar-refractivity contribution is -0.112. The lowest BCUT2D eigenvalue weighted by Gasteiger charge is -2.12. The molecular weight excluding hydrogens is 359 g/mol. The van der Waals surface area contributed by atoms with E-state index in [1.165, 1.54) is 37.5 Å². The highest BCUT2D eigenvalue weighted by molar-refractivity contribution is 6.32. The van der Waals surface area contributed by atoms with E-state index in [0.717, 1.165) is 0 Å². The highest BCUT2D eigenvalue weighted by Gasteiger charge is 2.14. The van der Waals surface area contributed by atoms with Gasteiger partial charge in [0, 0.05) is 5.69 Å². The van der Waals surface area contributed by atoms with Crippen LogP contribution >= 0.6 is 11.6 Å². The second kappa shape index (κ2) is 8.88. The molecule has 0 heterocycles. The minimum Gasteiger partial charge on any atom is -0.493 e. The zero-order valence-electron chi connectivity index (χ0n) is 14.2. The Morgan fingerprint density at radius 2 is 2.04 bits per heavy atom. The van der Waals surface area contributed by atoms with Gasteiger partial charge in [-0.15, -0.1) is 0 Å². The first-order valence-electron chi connectivity index (χ1n) is 7.67. The van der Waals surface area contributed by atoms with Gasteiger partial charge in [0.15, 0.2) is 11.5 Å². The molecule has 5 nitrogen and oxygen atoms in total. The first kappa shape index (κ1) is 19.3. The molecule has 1 N–H and O–H groups in total. The molecule has 0 saturated heterocycles. The number of hydrogen-bond acceptors (Lipinski definition) is 4. The van der Waals surface area contributed by atoms with Gasteiger partial charge in [-0.1, -0.05) is 11.6 Å². The molecule has 1 amide bonds. The fourth-order valence-corrected chi connectivity index (χ4v) is 2.43. The van der Waals surface area contributed by atoms with Gasteiger partial charge >= 0.3 is 0 Å². The molecule has 0 unspecified atom stereocenters. The van der Waals surface area contributed by atoms with Crippen LogP contribution in [0.5, 0.6) is 11.5 Å². The molecule has 2 aromatic carbocycles. The van der Waals surface area contributed by atoms with E-state index in [-0.39, 0.29) is 5.57 Å². The van der Waals surface area contributed by atoms with E-state index in [1.54, 1.807) is 12.1 Å². The van der Waals surface area contributed by atoms with Gasteiger partial charge in [-0.05, 0) is 55.0 Å². The fourth-order valence-electron chi connectivity index (χ4n) is 2.15. The summed E-state index contributed by atoms with van der Waals surface area (Å²) in [6.45, 7) is 2.23. The topological polar surface area (TPSA) is 71.3 Å². The number of anilines is 1. The number of halogens is 2. The summed E-state index contributed by atoms with van der Waals surface area (Å²) in [7, 11) is 1.47. The van der Waals surface area contributed by atoms with E-state index in [1.807, 2.05) is 13.0 Å². The molecule has 0 fully saturated rings. The van der Waals surface area contributed by atoms with Gasteiger partial charge in [-0.2, -0.15) is 5.26 Å². The number of hydrogen-bond donors (Lipinski definition) is 1. The van der Waals surface area contributed by atoms with E-state index in [4.69, 9.17) is 21.1 Å². The summed E-state index contributed by atoms with van der Waals surface area (Å²) in [6, 6.07) is 10.2. The van der Waals surface area contributed by atoms with Crippen LogP contribution in [0, 0.1) is 17.1 Å². The maximum absolute atomic E-state index is 12.9. The molecule has 0 aliphatic carbocycles. The third-order valence-electron chi connectivity index (χ3n) is 3.32. The standard InChI is InChI=1S/C19H16ClFN2O3/c1-3-26-18-16(20)9-12(10-17(18)25-2)8-13(11-22)19(24)23-15-6-4-14(21)5-7-15/h4-10H,3H2,1-2H3,(H,23,24)/b13-8+. The Labute approximate surface area is 155 Å². The third kappa shape index (κ3) is 4.74. The van der Waals surface area contributed by atoms with Gasteiger partial charge in [0.25, 0.3) is 5.91 Å². The smallest absolute Gasteiger partial charge is 0.266 e. The van der Waals surface area contributed by atoms with Crippen molar-refractivity contribution in [1.82, 2.24) is 0 Å². The molecule has 0 radical (unpaired) electrons. The van der Waals surface area contributed by atoms with Gasteiger partial charge in [0.1, 0.15) is 17.5 Å². The lowest BCUT2D eigenvalue weighted by atomic mass is 10.1. The number of rotatable bonds is 6. The van der Waals surface area contributed by atoms with Crippen LogP contribution in [0.15, 0.2) is 42.0 Å². The van der Waals surface area contributed by atoms with Crippen molar-refractivity contribution in [3.05, 3.63) is 58.4 Å². The van der Waals surface area contributed by atoms with Crippen molar-refractivity contribution in [1.29, 1.82) is 5.26 Å². The second-order valence-corrected chi connectivity index (χ2v) is 5.51. The number of nitriles is 1. The molecule has 0 atom stereocenters. The van der Waals surface area contributed by atoms with E-state index in [9.17, 15) is 14.4 Å². The molecule has 0 spiro atoms. The second-order valence-electron chi connectivity index (χ2n) is 5.10. The molecule has 0 saturated carbocycles. The lowest BCUT2D eigenvalue weighted by Crippen LogP contribution is -2.13. The molecule has 134 valence electrons. The first-order chi connectivity index (χ1) is 12.5. The maximum Gasteiger partial charge on any atom is 0.266 e. The molecule has 7 heteroatoms. The number of methoxy groups -OCH3 is 1. The first-order valence-corrected chi connectivity index (χ1v) is 8.05. The monoisotopic (exact) mass is 374 g/mol. The predicted octanol–water partition coefficient (Wildman–Crippen LogP) is 4.43. The molecule has 0 aliphatic rings. The summed E-state index contributed by atoms with van der Waals surface area (Å²) in [5.41, 5.74) is 0.734. The number of benzene rings is 2. The van der Waals surface area contributed by atoms with E-state index >= 15 is 0 Å². The highest BCUT2D eigenvalue weighted by Crippen LogP contribution is 2.37. The van der Waals surface area contributed by atoms with Gasteiger partial charge in [-0.3, -0.25) is 4.79 Å². The highest BCUT2D eigenvalue weighted by atomic mass is 35.5. The van der Waals surface area contributed by atoms with E-state index in [2.05, 4.69) is 5.32 Å². The molecule has 26 heavy (non-hydrogen) atoms. The number of carbonyl (C=O) groups is 1. The Morgan fingerprint density at radius 3 is 2.62 bits per heavy atom. The third-order valence-corrected chi connectivity index (χ3v) is 3.60. The van der Waals surface area contributed by atoms with Crippen molar-refractivity contribution in [2.24, 2.45) is 0 Å². The normalized spacial score (nSPS) is 10.8. The molecule has 0 bridgehead atoms. The average molecular weight is 375 g/mol. The Balaban J connectivity index is 2.30. The SMILES string of the molecule is CCOc1c(Cl)cc(/C=C(\C#N)C(=O)Nc2ccc(F)cc2)cc1OC. The minimum atomic E-state index is -0.622. The summed E-state index contributed by atoms with van der Waals surface area (Å²) in [5, 5.41) is 12.1. The molecule has 2 rings (SSSR count). The summed E-state index contributed by atoms with van der Waals surface area (Å²) in [4.78, 5) is 12.3. The molecule has 0 aliphatic heterocycles. The van der Waals surface area contributed by atoms with Crippen LogP contribution in [0.4, 0.5) is 10.1 Å². The molecule has 0 aromatic heterocycles. The Kier molecular flexibility index (Phi) is 6.59. The van der Waals surface area contributed by atoms with Crippen molar-refractivity contribution < 1.29 is 18.7 Å². The average Bonchev–Trinajstić information content (AvgIpc) is 2.63. The largest absolute Gasteiger partial charge is 0.493 e. The van der Waals surface area contributed by atoms with Crippen molar-refractivity contribution >= 4 is 29.3 Å². The number of amides is 1. The fraction of sp³-hybridized carbons (Fsp3) is 0.158. The van der Waals surface area contributed by atoms with Crippen molar-refractivity contribution in [3.8, 4) is 17.6 Å². The quantitative estimate of drug-likeness (QED) is 0.599. The number of ether oxygens (including phenoxy) is 2. The van der Waals surface area contributed by atoms with Gasteiger partial charge in [0.2, 0.25) is 0 Å². The van der Waals surface area contributed by atoms with Crippen molar-refractivity contribution in [3.63, 3.8) is 0 Å². The summed E-state index contributed by atoms with van der Waals surface area (Å²) in [5.74, 6) is -0.261. The molecule has 2 aromatic rings. The predicted molar refractivity (Wildman–Crippen MR) is 97.8 cm³/mol. The number of carbonyl (C=O) groups excluding carboxylic acids is 1. The van der Waals surface area contributed by atoms with Crippen LogP contribution in [0.2, 0.25) is 5.02 Å². The van der Waals surface area contributed by atoms with Crippen LogP contribution in [0.3, 0.4) is 0 Å². The Morgan fingerprint density at radius 1 is 1.35 bits per heavy atom.